The largest absolute Gasteiger partial charge is 0.372 e. The first-order valence-electron chi connectivity index (χ1n) is 10.1. The molecule has 0 unspecified atom stereocenters. The summed E-state index contributed by atoms with van der Waals surface area (Å²) in [7, 11) is 0. The van der Waals surface area contributed by atoms with E-state index in [9.17, 15) is 14.0 Å². The number of halogens is 1. The third-order valence-electron chi connectivity index (χ3n) is 5.35. The van der Waals surface area contributed by atoms with E-state index in [2.05, 4.69) is 15.5 Å². The van der Waals surface area contributed by atoms with Gasteiger partial charge in [-0.05, 0) is 75.1 Å². The quantitative estimate of drug-likeness (QED) is 0.722. The van der Waals surface area contributed by atoms with E-state index in [1.807, 2.05) is 24.3 Å². The second kappa shape index (κ2) is 9.07. The highest BCUT2D eigenvalue weighted by Gasteiger charge is 2.36. The minimum Gasteiger partial charge on any atom is -0.372 e. The molecule has 2 amide bonds. The van der Waals surface area contributed by atoms with Crippen LogP contribution in [0.3, 0.4) is 0 Å². The second-order valence-electron chi connectivity index (χ2n) is 7.98. The van der Waals surface area contributed by atoms with Gasteiger partial charge in [0, 0.05) is 31.0 Å². The number of carbonyl (C=O) groups excluding carboxylic acids is 2. The highest BCUT2D eigenvalue weighted by molar-refractivity contribution is 6.09. The highest BCUT2D eigenvalue weighted by atomic mass is 19.1. The Bertz CT molecular complexity index is 841. The normalized spacial score (nSPS) is 14.4. The molecular weight excluding hydrogens is 369 g/mol. The van der Waals surface area contributed by atoms with Crippen molar-refractivity contribution in [3.8, 4) is 0 Å². The van der Waals surface area contributed by atoms with Gasteiger partial charge in [-0.3, -0.25) is 9.59 Å². The zero-order valence-electron chi connectivity index (χ0n) is 17.0. The average Bonchev–Trinajstić information content (AvgIpc) is 2.74. The third kappa shape index (κ3) is 5.34. The first-order chi connectivity index (χ1) is 13.9. The lowest BCUT2D eigenvalue weighted by Gasteiger charge is -2.29. The standard InChI is InChI=1S/C23H28FN3O2/c1-23(2,21(28)25-16-17-6-8-18(24)9-7-17)22(29)26-19-10-12-20(13-11-19)27-14-4-3-5-15-27/h6-13H,3-5,14-16H2,1-2H3,(H,25,28)(H,26,29). The predicted octanol–water partition coefficient (Wildman–Crippen LogP) is 4.10. The van der Waals surface area contributed by atoms with Crippen molar-refractivity contribution in [1.82, 2.24) is 5.32 Å². The zero-order chi connectivity index (χ0) is 20.9. The Morgan fingerprint density at radius 3 is 2.17 bits per heavy atom. The van der Waals surface area contributed by atoms with E-state index in [0.29, 0.717) is 5.69 Å². The van der Waals surface area contributed by atoms with Gasteiger partial charge in [-0.2, -0.15) is 0 Å². The van der Waals surface area contributed by atoms with Gasteiger partial charge in [0.25, 0.3) is 0 Å². The molecule has 0 aliphatic carbocycles. The van der Waals surface area contributed by atoms with Gasteiger partial charge < -0.3 is 15.5 Å². The molecule has 2 aromatic carbocycles. The zero-order valence-corrected chi connectivity index (χ0v) is 17.0. The number of nitrogens with one attached hydrogen (secondary N) is 2. The van der Waals surface area contributed by atoms with Crippen molar-refractivity contribution in [2.75, 3.05) is 23.3 Å². The van der Waals surface area contributed by atoms with Crippen LogP contribution in [-0.2, 0) is 16.1 Å². The Kier molecular flexibility index (Phi) is 6.52. The van der Waals surface area contributed by atoms with Crippen molar-refractivity contribution in [2.24, 2.45) is 5.41 Å². The molecule has 2 aromatic rings. The average molecular weight is 397 g/mol. The lowest BCUT2D eigenvalue weighted by atomic mass is 9.90. The second-order valence-corrected chi connectivity index (χ2v) is 7.98. The maximum absolute atomic E-state index is 13.0. The number of piperidine rings is 1. The first-order valence-corrected chi connectivity index (χ1v) is 10.1. The molecule has 5 nitrogen and oxygen atoms in total. The molecule has 29 heavy (non-hydrogen) atoms. The van der Waals surface area contributed by atoms with E-state index in [1.165, 1.54) is 31.4 Å². The van der Waals surface area contributed by atoms with Crippen LogP contribution in [0, 0.1) is 11.2 Å². The van der Waals surface area contributed by atoms with Crippen molar-refractivity contribution in [3.05, 3.63) is 59.9 Å². The minimum atomic E-state index is -1.24. The third-order valence-corrected chi connectivity index (χ3v) is 5.35. The van der Waals surface area contributed by atoms with Crippen LogP contribution in [0.2, 0.25) is 0 Å². The van der Waals surface area contributed by atoms with Crippen LogP contribution >= 0.6 is 0 Å². The van der Waals surface area contributed by atoms with Crippen LogP contribution < -0.4 is 15.5 Å². The van der Waals surface area contributed by atoms with Crippen LogP contribution in [0.15, 0.2) is 48.5 Å². The summed E-state index contributed by atoms with van der Waals surface area (Å²) >= 11 is 0. The molecule has 6 heteroatoms. The minimum absolute atomic E-state index is 0.236. The van der Waals surface area contributed by atoms with Gasteiger partial charge in [0.1, 0.15) is 11.2 Å². The molecule has 154 valence electrons. The summed E-state index contributed by atoms with van der Waals surface area (Å²) in [6.45, 7) is 5.54. The van der Waals surface area contributed by atoms with Gasteiger partial charge >= 0.3 is 0 Å². The molecule has 0 aromatic heterocycles. The Balaban J connectivity index is 1.56. The molecule has 0 spiro atoms. The number of rotatable bonds is 6. The number of amides is 2. The summed E-state index contributed by atoms with van der Waals surface area (Å²) in [4.78, 5) is 27.6. The molecule has 0 radical (unpaired) electrons. The van der Waals surface area contributed by atoms with Crippen LogP contribution in [0.1, 0.15) is 38.7 Å². The molecular formula is C23H28FN3O2. The molecule has 1 saturated heterocycles. The summed E-state index contributed by atoms with van der Waals surface area (Å²) in [6.07, 6.45) is 3.70. The number of hydrogen-bond acceptors (Lipinski definition) is 3. The van der Waals surface area contributed by atoms with Gasteiger partial charge in [0.15, 0.2) is 0 Å². The topological polar surface area (TPSA) is 61.4 Å². The maximum atomic E-state index is 13.0. The number of anilines is 2. The summed E-state index contributed by atoms with van der Waals surface area (Å²) in [5.41, 5.74) is 1.34. The number of nitrogens with zero attached hydrogens (tertiary/aromatic N) is 1. The summed E-state index contributed by atoms with van der Waals surface area (Å²) in [5, 5.41) is 5.58. The van der Waals surface area contributed by atoms with E-state index in [1.54, 1.807) is 26.0 Å². The fourth-order valence-corrected chi connectivity index (χ4v) is 3.30. The van der Waals surface area contributed by atoms with Crippen molar-refractivity contribution >= 4 is 23.2 Å². The van der Waals surface area contributed by atoms with Crippen molar-refractivity contribution in [1.29, 1.82) is 0 Å². The lowest BCUT2D eigenvalue weighted by Crippen LogP contribution is -2.44. The lowest BCUT2D eigenvalue weighted by molar-refractivity contribution is -0.138. The predicted molar refractivity (Wildman–Crippen MR) is 113 cm³/mol. The highest BCUT2D eigenvalue weighted by Crippen LogP contribution is 2.24. The Morgan fingerprint density at radius 2 is 1.55 bits per heavy atom. The molecule has 3 rings (SSSR count). The van der Waals surface area contributed by atoms with E-state index >= 15 is 0 Å². The number of hydrogen-bond donors (Lipinski definition) is 2. The maximum Gasteiger partial charge on any atom is 0.239 e. The molecule has 1 fully saturated rings. The molecule has 2 N–H and O–H groups in total. The SMILES string of the molecule is CC(C)(C(=O)NCc1ccc(F)cc1)C(=O)Nc1ccc(N2CCCCC2)cc1. The van der Waals surface area contributed by atoms with Gasteiger partial charge in [0.2, 0.25) is 11.8 Å². The smallest absolute Gasteiger partial charge is 0.239 e. The van der Waals surface area contributed by atoms with Crippen LogP contribution in [0.4, 0.5) is 15.8 Å². The first kappa shape index (κ1) is 20.8. The van der Waals surface area contributed by atoms with Crippen molar-refractivity contribution < 1.29 is 14.0 Å². The Hall–Kier alpha value is -2.89. The van der Waals surface area contributed by atoms with E-state index < -0.39 is 5.41 Å². The van der Waals surface area contributed by atoms with Crippen molar-refractivity contribution in [3.63, 3.8) is 0 Å². The Morgan fingerprint density at radius 1 is 0.931 bits per heavy atom. The fourth-order valence-electron chi connectivity index (χ4n) is 3.30. The molecule has 0 saturated carbocycles. The number of benzene rings is 2. The van der Waals surface area contributed by atoms with E-state index in [4.69, 9.17) is 0 Å². The van der Waals surface area contributed by atoms with Crippen LogP contribution in [-0.4, -0.2) is 24.9 Å². The van der Waals surface area contributed by atoms with Gasteiger partial charge in [0.05, 0.1) is 0 Å². The summed E-state index contributed by atoms with van der Waals surface area (Å²) < 4.78 is 13.0. The molecule has 1 aliphatic heterocycles. The van der Waals surface area contributed by atoms with Gasteiger partial charge in [-0.1, -0.05) is 12.1 Å². The van der Waals surface area contributed by atoms with E-state index in [-0.39, 0.29) is 24.2 Å². The Labute approximate surface area is 171 Å². The number of carbonyl (C=O) groups is 2. The van der Waals surface area contributed by atoms with Crippen molar-refractivity contribution in [2.45, 2.75) is 39.7 Å². The summed E-state index contributed by atoms with van der Waals surface area (Å²) in [6, 6.07) is 13.6. The monoisotopic (exact) mass is 397 g/mol. The van der Waals surface area contributed by atoms with Crippen LogP contribution in [0.5, 0.6) is 0 Å². The molecule has 0 bridgehead atoms. The van der Waals surface area contributed by atoms with E-state index in [0.717, 1.165) is 24.3 Å². The van der Waals surface area contributed by atoms with Crippen LogP contribution in [0.25, 0.3) is 0 Å². The molecule has 0 atom stereocenters. The van der Waals surface area contributed by atoms with Gasteiger partial charge in [-0.15, -0.1) is 0 Å². The molecule has 1 heterocycles. The summed E-state index contributed by atoms with van der Waals surface area (Å²) in [5.74, 6) is -1.09. The fraction of sp³-hybridized carbons (Fsp3) is 0.391. The molecule has 1 aliphatic rings. The van der Waals surface area contributed by atoms with Gasteiger partial charge in [-0.25, -0.2) is 4.39 Å².